The van der Waals surface area contributed by atoms with Gasteiger partial charge in [-0.1, -0.05) is 13.0 Å². The van der Waals surface area contributed by atoms with E-state index in [0.717, 1.165) is 18.6 Å². The van der Waals surface area contributed by atoms with E-state index in [4.69, 9.17) is 0 Å². The van der Waals surface area contributed by atoms with Crippen LogP contribution < -0.4 is 10.6 Å². The van der Waals surface area contributed by atoms with Crippen LogP contribution in [0.2, 0.25) is 0 Å². The number of rotatable bonds is 5. The molecule has 0 atom stereocenters. The number of nitrogens with zero attached hydrogens (tertiary/aromatic N) is 1. The van der Waals surface area contributed by atoms with Crippen LogP contribution in [0.5, 0.6) is 0 Å². The summed E-state index contributed by atoms with van der Waals surface area (Å²) in [5, 5.41) is 5.24. The zero-order chi connectivity index (χ0) is 15.2. The fourth-order valence-corrected chi connectivity index (χ4v) is 1.77. The first-order valence-corrected chi connectivity index (χ1v) is 6.57. The molecule has 0 saturated carbocycles. The van der Waals surface area contributed by atoms with Gasteiger partial charge in [-0.25, -0.2) is 13.8 Å². The van der Waals surface area contributed by atoms with Gasteiger partial charge in [-0.15, -0.1) is 0 Å². The van der Waals surface area contributed by atoms with E-state index in [2.05, 4.69) is 15.6 Å². The highest BCUT2D eigenvalue weighted by Crippen LogP contribution is 2.20. The minimum Gasteiger partial charge on any atom is -0.369 e. The Hall–Kier alpha value is -2.50. The van der Waals surface area contributed by atoms with E-state index in [-0.39, 0.29) is 5.56 Å². The van der Waals surface area contributed by atoms with Crippen LogP contribution in [0, 0.1) is 11.6 Å². The molecule has 0 bridgehead atoms. The van der Waals surface area contributed by atoms with Gasteiger partial charge in [0.05, 0.1) is 5.56 Å². The number of pyridine rings is 1. The SMILES string of the molecule is CCCNc1ncccc1C(=O)Nc1c(F)cccc1F. The third-order valence-electron chi connectivity index (χ3n) is 2.80. The summed E-state index contributed by atoms with van der Waals surface area (Å²) in [5.74, 6) is -1.88. The second-order valence-electron chi connectivity index (χ2n) is 4.38. The van der Waals surface area contributed by atoms with Crippen molar-refractivity contribution in [3.05, 3.63) is 53.7 Å². The first-order valence-electron chi connectivity index (χ1n) is 6.57. The van der Waals surface area contributed by atoms with Gasteiger partial charge in [0.2, 0.25) is 0 Å². The number of amides is 1. The van der Waals surface area contributed by atoms with Gasteiger partial charge in [-0.2, -0.15) is 0 Å². The number of anilines is 2. The molecular weight excluding hydrogens is 276 g/mol. The molecule has 0 aliphatic carbocycles. The van der Waals surface area contributed by atoms with Crippen molar-refractivity contribution in [2.24, 2.45) is 0 Å². The number of para-hydroxylation sites is 1. The minimum absolute atomic E-state index is 0.230. The highest BCUT2D eigenvalue weighted by molar-refractivity contribution is 6.07. The van der Waals surface area contributed by atoms with Crippen LogP contribution >= 0.6 is 0 Å². The molecule has 1 amide bonds. The van der Waals surface area contributed by atoms with Gasteiger partial charge in [0.1, 0.15) is 23.1 Å². The lowest BCUT2D eigenvalue weighted by Crippen LogP contribution is -2.17. The second kappa shape index (κ2) is 6.78. The average Bonchev–Trinajstić information content (AvgIpc) is 2.49. The molecule has 1 heterocycles. The minimum atomic E-state index is -0.824. The normalized spacial score (nSPS) is 10.2. The summed E-state index contributed by atoms with van der Waals surface area (Å²) in [4.78, 5) is 16.2. The molecule has 2 aromatic rings. The Kier molecular flexibility index (Phi) is 4.81. The van der Waals surface area contributed by atoms with E-state index in [0.29, 0.717) is 12.4 Å². The fraction of sp³-hybridized carbons (Fsp3) is 0.200. The van der Waals surface area contributed by atoms with Crippen molar-refractivity contribution in [1.82, 2.24) is 4.98 Å². The quantitative estimate of drug-likeness (QED) is 0.887. The summed E-state index contributed by atoms with van der Waals surface area (Å²) in [7, 11) is 0. The lowest BCUT2D eigenvalue weighted by Gasteiger charge is -2.11. The van der Waals surface area contributed by atoms with E-state index >= 15 is 0 Å². The van der Waals surface area contributed by atoms with Crippen molar-refractivity contribution >= 4 is 17.4 Å². The molecule has 0 aliphatic heterocycles. The fourth-order valence-electron chi connectivity index (χ4n) is 1.77. The number of halogens is 2. The topological polar surface area (TPSA) is 54.0 Å². The van der Waals surface area contributed by atoms with E-state index in [1.54, 1.807) is 18.3 Å². The van der Waals surface area contributed by atoms with Crippen molar-refractivity contribution in [3.8, 4) is 0 Å². The van der Waals surface area contributed by atoms with Gasteiger partial charge in [0, 0.05) is 12.7 Å². The Morgan fingerprint density at radius 1 is 1.19 bits per heavy atom. The van der Waals surface area contributed by atoms with Gasteiger partial charge >= 0.3 is 0 Å². The molecule has 1 aromatic carbocycles. The zero-order valence-corrected chi connectivity index (χ0v) is 11.5. The van der Waals surface area contributed by atoms with E-state index in [9.17, 15) is 13.6 Å². The van der Waals surface area contributed by atoms with Crippen LogP contribution in [0.3, 0.4) is 0 Å². The maximum atomic E-state index is 13.5. The molecule has 21 heavy (non-hydrogen) atoms. The van der Waals surface area contributed by atoms with Crippen molar-refractivity contribution in [2.75, 3.05) is 17.2 Å². The maximum absolute atomic E-state index is 13.5. The molecule has 2 rings (SSSR count). The van der Waals surface area contributed by atoms with Crippen LogP contribution in [-0.4, -0.2) is 17.4 Å². The summed E-state index contributed by atoms with van der Waals surface area (Å²) in [6.45, 7) is 2.62. The highest BCUT2D eigenvalue weighted by atomic mass is 19.1. The second-order valence-corrected chi connectivity index (χ2v) is 4.38. The predicted octanol–water partition coefficient (Wildman–Crippen LogP) is 3.43. The number of hydrogen-bond acceptors (Lipinski definition) is 3. The standard InChI is InChI=1S/C15H15F2N3O/c1-2-8-18-14-10(5-4-9-19-14)15(21)20-13-11(16)6-3-7-12(13)17/h3-7,9H,2,8H2,1H3,(H,18,19)(H,20,21). The summed E-state index contributed by atoms with van der Waals surface area (Å²) in [5.41, 5.74) is -0.235. The summed E-state index contributed by atoms with van der Waals surface area (Å²) in [6, 6.07) is 6.53. The third-order valence-corrected chi connectivity index (χ3v) is 2.80. The molecule has 4 nitrogen and oxygen atoms in total. The molecule has 1 aromatic heterocycles. The number of benzene rings is 1. The smallest absolute Gasteiger partial charge is 0.259 e. The van der Waals surface area contributed by atoms with Crippen LogP contribution in [0.15, 0.2) is 36.5 Å². The highest BCUT2D eigenvalue weighted by Gasteiger charge is 2.16. The number of carbonyl (C=O) groups is 1. The molecule has 2 N–H and O–H groups in total. The lowest BCUT2D eigenvalue weighted by molar-refractivity contribution is 0.102. The molecule has 0 fully saturated rings. The Balaban J connectivity index is 2.25. The van der Waals surface area contributed by atoms with E-state index < -0.39 is 23.2 Å². The first kappa shape index (κ1) is 14.9. The van der Waals surface area contributed by atoms with Crippen LogP contribution in [0.25, 0.3) is 0 Å². The molecule has 110 valence electrons. The Morgan fingerprint density at radius 2 is 1.90 bits per heavy atom. The molecule has 0 aliphatic rings. The molecule has 0 saturated heterocycles. The maximum Gasteiger partial charge on any atom is 0.259 e. The molecular formula is C15H15F2N3O. The van der Waals surface area contributed by atoms with Crippen molar-refractivity contribution in [2.45, 2.75) is 13.3 Å². The summed E-state index contributed by atoms with van der Waals surface area (Å²) in [6.07, 6.45) is 2.40. The van der Waals surface area contributed by atoms with E-state index in [1.165, 1.54) is 6.07 Å². The van der Waals surface area contributed by atoms with Gasteiger partial charge in [0.25, 0.3) is 5.91 Å². The first-order chi connectivity index (χ1) is 10.1. The van der Waals surface area contributed by atoms with Crippen LogP contribution in [-0.2, 0) is 0 Å². The monoisotopic (exact) mass is 291 g/mol. The molecule has 0 radical (unpaired) electrons. The lowest BCUT2D eigenvalue weighted by atomic mass is 10.2. The number of nitrogens with one attached hydrogen (secondary N) is 2. The molecule has 0 unspecified atom stereocenters. The van der Waals surface area contributed by atoms with Gasteiger partial charge in [0.15, 0.2) is 0 Å². The Bertz CT molecular complexity index is 626. The Labute approximate surface area is 121 Å². The third kappa shape index (κ3) is 3.53. The van der Waals surface area contributed by atoms with Crippen molar-refractivity contribution in [1.29, 1.82) is 0 Å². The number of aromatic nitrogens is 1. The van der Waals surface area contributed by atoms with Gasteiger partial charge in [-0.05, 0) is 30.7 Å². The average molecular weight is 291 g/mol. The number of hydrogen-bond donors (Lipinski definition) is 2. The van der Waals surface area contributed by atoms with E-state index in [1.807, 2.05) is 6.92 Å². The van der Waals surface area contributed by atoms with Crippen LogP contribution in [0.1, 0.15) is 23.7 Å². The van der Waals surface area contributed by atoms with Crippen molar-refractivity contribution in [3.63, 3.8) is 0 Å². The van der Waals surface area contributed by atoms with Crippen LogP contribution in [0.4, 0.5) is 20.3 Å². The summed E-state index contributed by atoms with van der Waals surface area (Å²) < 4.78 is 27.1. The number of carbonyl (C=O) groups excluding carboxylic acids is 1. The van der Waals surface area contributed by atoms with Gasteiger partial charge < -0.3 is 10.6 Å². The van der Waals surface area contributed by atoms with Gasteiger partial charge in [-0.3, -0.25) is 4.79 Å². The summed E-state index contributed by atoms with van der Waals surface area (Å²) >= 11 is 0. The zero-order valence-electron chi connectivity index (χ0n) is 11.5. The largest absolute Gasteiger partial charge is 0.369 e. The molecule has 6 heteroatoms. The Morgan fingerprint density at radius 3 is 2.57 bits per heavy atom. The van der Waals surface area contributed by atoms with Crippen molar-refractivity contribution < 1.29 is 13.6 Å². The predicted molar refractivity (Wildman–Crippen MR) is 77.3 cm³/mol. The molecule has 0 spiro atoms.